The predicted molar refractivity (Wildman–Crippen MR) is 87.0 cm³/mol. The van der Waals surface area contributed by atoms with E-state index >= 15 is 0 Å². The molecule has 0 saturated carbocycles. The molecule has 1 heterocycles. The van der Waals surface area contributed by atoms with Crippen molar-refractivity contribution >= 4 is 10.9 Å². The van der Waals surface area contributed by atoms with Gasteiger partial charge in [0.15, 0.2) is 0 Å². The Morgan fingerprint density at radius 2 is 1.57 bits per heavy atom. The van der Waals surface area contributed by atoms with Gasteiger partial charge in [0.1, 0.15) is 11.5 Å². The van der Waals surface area contributed by atoms with E-state index in [1.807, 2.05) is 48.5 Å². The number of hydrogen-bond donors (Lipinski definition) is 0. The largest absolute Gasteiger partial charge is 0.457 e. The van der Waals surface area contributed by atoms with Crippen molar-refractivity contribution in [2.24, 2.45) is 0 Å². The zero-order valence-corrected chi connectivity index (χ0v) is 12.6. The van der Waals surface area contributed by atoms with E-state index in [0.717, 1.165) is 28.1 Å². The smallest absolute Gasteiger partial charge is 0.128 e. The Kier molecular flexibility index (Phi) is 3.38. The topological polar surface area (TPSA) is 22.1 Å². The third-order valence-electron chi connectivity index (χ3n) is 3.41. The van der Waals surface area contributed by atoms with Gasteiger partial charge in [0.05, 0.1) is 5.52 Å². The van der Waals surface area contributed by atoms with Gasteiger partial charge in [0.2, 0.25) is 0 Å². The van der Waals surface area contributed by atoms with Crippen LogP contribution >= 0.6 is 0 Å². The Labute approximate surface area is 125 Å². The van der Waals surface area contributed by atoms with Gasteiger partial charge in [-0.15, -0.1) is 0 Å². The van der Waals surface area contributed by atoms with Gasteiger partial charge in [-0.05, 0) is 36.4 Å². The molecule has 0 amide bonds. The molecule has 0 aliphatic carbocycles. The maximum absolute atomic E-state index is 5.86. The van der Waals surface area contributed by atoms with Crippen LogP contribution in [0.15, 0.2) is 60.7 Å². The number of para-hydroxylation sites is 1. The molecule has 2 heteroatoms. The van der Waals surface area contributed by atoms with E-state index in [9.17, 15) is 0 Å². The Morgan fingerprint density at radius 3 is 2.29 bits per heavy atom. The highest BCUT2D eigenvalue weighted by molar-refractivity contribution is 5.80. The van der Waals surface area contributed by atoms with E-state index in [0.29, 0.717) is 0 Å². The zero-order chi connectivity index (χ0) is 14.9. The molecule has 0 spiro atoms. The summed E-state index contributed by atoms with van der Waals surface area (Å²) in [6.45, 7) is 6.52. The molecule has 1 aromatic heterocycles. The molecule has 21 heavy (non-hydrogen) atoms. The lowest BCUT2D eigenvalue weighted by molar-refractivity contribution is 0.483. The standard InChI is InChI=1S/C19H19NO/c1-19(2,3)18-12-9-14-13-16(10-11-17(14)20-18)21-15-7-5-4-6-8-15/h4-13H,1-3H3. The van der Waals surface area contributed by atoms with Gasteiger partial charge < -0.3 is 4.74 Å². The molecule has 3 rings (SSSR count). The third-order valence-corrected chi connectivity index (χ3v) is 3.41. The van der Waals surface area contributed by atoms with E-state index < -0.39 is 0 Å². The highest BCUT2D eigenvalue weighted by Gasteiger charge is 2.15. The van der Waals surface area contributed by atoms with Crippen molar-refractivity contribution in [3.05, 3.63) is 66.4 Å². The van der Waals surface area contributed by atoms with Crippen molar-refractivity contribution in [3.63, 3.8) is 0 Å². The SMILES string of the molecule is CC(C)(C)c1ccc2cc(Oc3ccccc3)ccc2n1. The summed E-state index contributed by atoms with van der Waals surface area (Å²) in [5, 5.41) is 1.09. The summed E-state index contributed by atoms with van der Waals surface area (Å²) < 4.78 is 5.86. The summed E-state index contributed by atoms with van der Waals surface area (Å²) in [6.07, 6.45) is 0. The number of rotatable bonds is 2. The number of hydrogen-bond acceptors (Lipinski definition) is 2. The van der Waals surface area contributed by atoms with Crippen LogP contribution < -0.4 is 4.74 Å². The molecule has 0 aliphatic heterocycles. The molecule has 106 valence electrons. The quantitative estimate of drug-likeness (QED) is 0.632. The van der Waals surface area contributed by atoms with E-state index in [2.05, 4.69) is 32.9 Å². The average Bonchev–Trinajstić information content (AvgIpc) is 2.47. The van der Waals surface area contributed by atoms with Gasteiger partial charge in [-0.3, -0.25) is 4.98 Å². The Morgan fingerprint density at radius 1 is 0.810 bits per heavy atom. The average molecular weight is 277 g/mol. The molecular weight excluding hydrogens is 258 g/mol. The number of pyridine rings is 1. The second-order valence-corrected chi connectivity index (χ2v) is 6.22. The summed E-state index contributed by atoms with van der Waals surface area (Å²) >= 11 is 0. The fraction of sp³-hybridized carbons (Fsp3) is 0.211. The molecule has 0 atom stereocenters. The number of aromatic nitrogens is 1. The van der Waals surface area contributed by atoms with Gasteiger partial charge in [-0.1, -0.05) is 45.0 Å². The lowest BCUT2D eigenvalue weighted by Gasteiger charge is -2.18. The molecule has 0 unspecified atom stereocenters. The molecular formula is C19H19NO. The summed E-state index contributed by atoms with van der Waals surface area (Å²) in [7, 11) is 0. The highest BCUT2D eigenvalue weighted by Crippen LogP contribution is 2.27. The van der Waals surface area contributed by atoms with Crippen molar-refractivity contribution in [3.8, 4) is 11.5 Å². The van der Waals surface area contributed by atoms with Crippen LogP contribution in [0.2, 0.25) is 0 Å². The predicted octanol–water partition coefficient (Wildman–Crippen LogP) is 5.32. The minimum absolute atomic E-state index is 0.0629. The highest BCUT2D eigenvalue weighted by atomic mass is 16.5. The van der Waals surface area contributed by atoms with Crippen molar-refractivity contribution < 1.29 is 4.74 Å². The van der Waals surface area contributed by atoms with Gasteiger partial charge in [-0.2, -0.15) is 0 Å². The summed E-state index contributed by atoms with van der Waals surface area (Å²) in [4.78, 5) is 4.74. The molecule has 0 saturated heterocycles. The number of fused-ring (bicyclic) bond motifs is 1. The van der Waals surface area contributed by atoms with Crippen LogP contribution in [0.25, 0.3) is 10.9 Å². The lowest BCUT2D eigenvalue weighted by atomic mass is 9.91. The third kappa shape index (κ3) is 3.05. The van der Waals surface area contributed by atoms with Crippen LogP contribution in [-0.2, 0) is 5.41 Å². The normalized spacial score (nSPS) is 11.6. The van der Waals surface area contributed by atoms with Gasteiger partial charge in [-0.25, -0.2) is 0 Å². The van der Waals surface area contributed by atoms with Crippen LogP contribution in [0.1, 0.15) is 26.5 Å². The van der Waals surface area contributed by atoms with Gasteiger partial charge in [0, 0.05) is 16.5 Å². The van der Waals surface area contributed by atoms with E-state index in [-0.39, 0.29) is 5.41 Å². The van der Waals surface area contributed by atoms with Crippen molar-refractivity contribution in [2.45, 2.75) is 26.2 Å². The monoisotopic (exact) mass is 277 g/mol. The van der Waals surface area contributed by atoms with Crippen LogP contribution in [0.4, 0.5) is 0 Å². The first-order chi connectivity index (χ1) is 10.0. The van der Waals surface area contributed by atoms with Gasteiger partial charge in [0.25, 0.3) is 0 Å². The number of nitrogens with zero attached hydrogens (tertiary/aromatic N) is 1. The first-order valence-electron chi connectivity index (χ1n) is 7.16. The van der Waals surface area contributed by atoms with Crippen molar-refractivity contribution in [1.82, 2.24) is 4.98 Å². The molecule has 0 aliphatic rings. The fourth-order valence-electron chi connectivity index (χ4n) is 2.21. The first-order valence-corrected chi connectivity index (χ1v) is 7.16. The minimum Gasteiger partial charge on any atom is -0.457 e. The zero-order valence-electron chi connectivity index (χ0n) is 12.6. The summed E-state index contributed by atoms with van der Waals surface area (Å²) in [5.41, 5.74) is 2.17. The second-order valence-electron chi connectivity index (χ2n) is 6.22. The Balaban J connectivity index is 1.94. The van der Waals surface area contributed by atoms with E-state index in [1.54, 1.807) is 0 Å². The summed E-state index contributed by atoms with van der Waals surface area (Å²) in [5.74, 6) is 1.68. The number of benzene rings is 2. The molecule has 3 aromatic rings. The van der Waals surface area contributed by atoms with E-state index in [4.69, 9.17) is 9.72 Å². The minimum atomic E-state index is 0.0629. The lowest BCUT2D eigenvalue weighted by Crippen LogP contribution is -2.13. The summed E-state index contributed by atoms with van der Waals surface area (Å²) in [6, 6.07) is 20.0. The molecule has 2 aromatic carbocycles. The maximum atomic E-state index is 5.86. The van der Waals surface area contributed by atoms with E-state index in [1.165, 1.54) is 0 Å². The Bertz CT molecular complexity index is 757. The van der Waals surface area contributed by atoms with Crippen LogP contribution in [0.3, 0.4) is 0 Å². The molecule has 0 N–H and O–H groups in total. The first kappa shape index (κ1) is 13.6. The number of ether oxygens (including phenoxy) is 1. The van der Waals surface area contributed by atoms with Crippen molar-refractivity contribution in [1.29, 1.82) is 0 Å². The fourth-order valence-corrected chi connectivity index (χ4v) is 2.21. The molecule has 0 bridgehead atoms. The molecule has 0 radical (unpaired) electrons. The molecule has 0 fully saturated rings. The van der Waals surface area contributed by atoms with Gasteiger partial charge >= 0.3 is 0 Å². The maximum Gasteiger partial charge on any atom is 0.128 e. The Hall–Kier alpha value is -2.35. The second kappa shape index (κ2) is 5.21. The van der Waals surface area contributed by atoms with Crippen LogP contribution in [-0.4, -0.2) is 4.98 Å². The van der Waals surface area contributed by atoms with Crippen LogP contribution in [0.5, 0.6) is 11.5 Å². The van der Waals surface area contributed by atoms with Crippen molar-refractivity contribution in [2.75, 3.05) is 0 Å². The molecule has 2 nitrogen and oxygen atoms in total. The van der Waals surface area contributed by atoms with Crippen LogP contribution in [0, 0.1) is 0 Å².